The molecule has 0 aliphatic carbocycles. The van der Waals surface area contributed by atoms with Crippen LogP contribution in [0.2, 0.25) is 0 Å². The molecule has 0 bridgehead atoms. The molecular weight excluding hydrogens is 344 g/mol. The molecule has 1 aromatic heterocycles. The summed E-state index contributed by atoms with van der Waals surface area (Å²) in [4.78, 5) is 4.43. The Labute approximate surface area is 127 Å². The second-order valence-electron chi connectivity index (χ2n) is 4.14. The van der Waals surface area contributed by atoms with Gasteiger partial charge >= 0.3 is 0 Å². The lowest BCUT2D eigenvalue weighted by atomic mass is 10.1. The minimum Gasteiger partial charge on any atom is -0.236 e. The van der Waals surface area contributed by atoms with Crippen LogP contribution in [0.25, 0.3) is 21.8 Å². The van der Waals surface area contributed by atoms with Gasteiger partial charge in [0.25, 0.3) is 0 Å². The van der Waals surface area contributed by atoms with E-state index in [9.17, 15) is 8.78 Å². The molecule has 0 fully saturated rings. The maximum absolute atomic E-state index is 13.7. The molecule has 5 heteroatoms. The van der Waals surface area contributed by atoms with E-state index in [0.717, 1.165) is 21.1 Å². The maximum atomic E-state index is 13.7. The minimum absolute atomic E-state index is 0.306. The molecule has 0 atom stereocenters. The number of nitrogens with zero attached hydrogens (tertiary/aromatic N) is 1. The van der Waals surface area contributed by atoms with E-state index < -0.39 is 11.6 Å². The third-order valence-electron chi connectivity index (χ3n) is 2.82. The fraction of sp³-hybridized carbons (Fsp3) is 0. The lowest BCUT2D eigenvalue weighted by Gasteiger charge is -2.00. The first kappa shape index (κ1) is 13.4. The highest BCUT2D eigenvalue weighted by Crippen LogP contribution is 2.33. The Kier molecular flexibility index (Phi) is 3.63. The molecule has 0 radical (unpaired) electrons. The Bertz CT molecular complexity index is 770. The minimum atomic E-state index is -0.603. The van der Waals surface area contributed by atoms with Crippen LogP contribution in [0.15, 0.2) is 52.3 Å². The van der Waals surface area contributed by atoms with Crippen LogP contribution in [0.1, 0.15) is 0 Å². The van der Waals surface area contributed by atoms with Crippen molar-refractivity contribution in [3.8, 4) is 21.8 Å². The number of benzene rings is 2. The van der Waals surface area contributed by atoms with Crippen LogP contribution in [0.4, 0.5) is 8.78 Å². The summed E-state index contributed by atoms with van der Waals surface area (Å²) in [7, 11) is 0. The molecule has 0 amide bonds. The summed E-state index contributed by atoms with van der Waals surface area (Å²) in [5.74, 6) is -1.19. The van der Waals surface area contributed by atoms with Crippen LogP contribution in [0.3, 0.4) is 0 Å². The number of hydrogen-bond donors (Lipinski definition) is 0. The van der Waals surface area contributed by atoms with Crippen molar-refractivity contribution < 1.29 is 8.78 Å². The molecule has 100 valence electrons. The van der Waals surface area contributed by atoms with Crippen molar-refractivity contribution in [2.24, 2.45) is 0 Å². The molecule has 2 aromatic carbocycles. The molecule has 3 rings (SSSR count). The number of aromatic nitrogens is 1. The first-order valence-corrected chi connectivity index (χ1v) is 7.48. The SMILES string of the molecule is Fc1ccc(-c2csc(-c3ccccc3Br)n2)c(F)c1. The lowest BCUT2D eigenvalue weighted by Crippen LogP contribution is -1.87. The predicted molar refractivity (Wildman–Crippen MR) is 80.6 cm³/mol. The summed E-state index contributed by atoms with van der Waals surface area (Å²) in [6.45, 7) is 0. The molecule has 1 nitrogen and oxygen atoms in total. The van der Waals surface area contributed by atoms with Crippen LogP contribution >= 0.6 is 27.3 Å². The molecule has 0 N–H and O–H groups in total. The van der Waals surface area contributed by atoms with Crippen molar-refractivity contribution >= 4 is 27.3 Å². The van der Waals surface area contributed by atoms with Crippen LogP contribution in [0.5, 0.6) is 0 Å². The Morgan fingerprint density at radius 3 is 2.55 bits per heavy atom. The highest BCUT2D eigenvalue weighted by atomic mass is 79.9. The molecular formula is C15H8BrF2NS. The van der Waals surface area contributed by atoms with Crippen molar-refractivity contribution in [2.75, 3.05) is 0 Å². The van der Waals surface area contributed by atoms with Crippen molar-refractivity contribution in [1.29, 1.82) is 0 Å². The van der Waals surface area contributed by atoms with E-state index in [1.165, 1.54) is 23.5 Å². The van der Waals surface area contributed by atoms with Gasteiger partial charge in [-0.05, 0) is 18.2 Å². The van der Waals surface area contributed by atoms with Gasteiger partial charge in [0.05, 0.1) is 5.69 Å². The van der Waals surface area contributed by atoms with Gasteiger partial charge in [-0.1, -0.05) is 34.1 Å². The van der Waals surface area contributed by atoms with Gasteiger partial charge in [-0.15, -0.1) is 11.3 Å². The average molecular weight is 352 g/mol. The van der Waals surface area contributed by atoms with Crippen LogP contribution in [0, 0.1) is 11.6 Å². The monoisotopic (exact) mass is 351 g/mol. The summed E-state index contributed by atoms with van der Waals surface area (Å²) in [5.41, 5.74) is 1.77. The molecule has 20 heavy (non-hydrogen) atoms. The van der Waals surface area contributed by atoms with Crippen molar-refractivity contribution in [2.45, 2.75) is 0 Å². The molecule has 3 aromatic rings. The molecule has 0 spiro atoms. The summed E-state index contributed by atoms with van der Waals surface area (Å²) in [6, 6.07) is 11.2. The van der Waals surface area contributed by atoms with Gasteiger partial charge in [0, 0.05) is 27.0 Å². The molecule has 0 saturated heterocycles. The normalized spacial score (nSPS) is 10.8. The van der Waals surface area contributed by atoms with Gasteiger partial charge in [0.2, 0.25) is 0 Å². The average Bonchev–Trinajstić information content (AvgIpc) is 2.88. The first-order chi connectivity index (χ1) is 9.65. The smallest absolute Gasteiger partial charge is 0.135 e. The van der Waals surface area contributed by atoms with E-state index in [1.807, 2.05) is 24.3 Å². The maximum Gasteiger partial charge on any atom is 0.135 e. The number of hydrogen-bond acceptors (Lipinski definition) is 2. The lowest BCUT2D eigenvalue weighted by molar-refractivity contribution is 0.585. The highest BCUT2D eigenvalue weighted by molar-refractivity contribution is 9.10. The van der Waals surface area contributed by atoms with E-state index in [0.29, 0.717) is 11.3 Å². The highest BCUT2D eigenvalue weighted by Gasteiger charge is 2.12. The molecule has 0 unspecified atom stereocenters. The van der Waals surface area contributed by atoms with Crippen LogP contribution < -0.4 is 0 Å². The first-order valence-electron chi connectivity index (χ1n) is 5.81. The Morgan fingerprint density at radius 2 is 1.80 bits per heavy atom. The van der Waals surface area contributed by atoms with E-state index >= 15 is 0 Å². The topological polar surface area (TPSA) is 12.9 Å². The standard InChI is InChI=1S/C15H8BrF2NS/c16-12-4-2-1-3-10(12)15-19-14(8-20-15)11-6-5-9(17)7-13(11)18/h1-8H. The van der Waals surface area contributed by atoms with E-state index in [1.54, 1.807) is 5.38 Å². The van der Waals surface area contributed by atoms with E-state index in [4.69, 9.17) is 0 Å². The zero-order valence-electron chi connectivity index (χ0n) is 10.1. The zero-order chi connectivity index (χ0) is 14.1. The van der Waals surface area contributed by atoms with Gasteiger partial charge in [0.15, 0.2) is 0 Å². The molecule has 0 saturated carbocycles. The van der Waals surface area contributed by atoms with Gasteiger partial charge in [-0.2, -0.15) is 0 Å². The third kappa shape index (κ3) is 2.51. The second kappa shape index (κ2) is 5.42. The largest absolute Gasteiger partial charge is 0.236 e. The third-order valence-corrected chi connectivity index (χ3v) is 4.38. The van der Waals surface area contributed by atoms with Gasteiger partial charge in [-0.25, -0.2) is 13.8 Å². The summed E-state index contributed by atoms with van der Waals surface area (Å²) in [6.07, 6.45) is 0. The Hall–Kier alpha value is -1.59. The van der Waals surface area contributed by atoms with E-state index in [2.05, 4.69) is 20.9 Å². The van der Waals surface area contributed by atoms with Crippen LogP contribution in [-0.2, 0) is 0 Å². The Morgan fingerprint density at radius 1 is 1.00 bits per heavy atom. The summed E-state index contributed by atoms with van der Waals surface area (Å²) >= 11 is 4.89. The van der Waals surface area contributed by atoms with Gasteiger partial charge < -0.3 is 0 Å². The summed E-state index contributed by atoms with van der Waals surface area (Å²) in [5, 5.41) is 2.56. The van der Waals surface area contributed by atoms with Crippen molar-refractivity contribution in [1.82, 2.24) is 4.98 Å². The molecule has 1 heterocycles. The van der Waals surface area contributed by atoms with Crippen LogP contribution in [-0.4, -0.2) is 4.98 Å². The Balaban J connectivity index is 2.04. The molecule has 0 aliphatic heterocycles. The van der Waals surface area contributed by atoms with Crippen molar-refractivity contribution in [3.63, 3.8) is 0 Å². The second-order valence-corrected chi connectivity index (χ2v) is 5.85. The predicted octanol–water partition coefficient (Wildman–Crippen LogP) is 5.52. The fourth-order valence-electron chi connectivity index (χ4n) is 1.85. The van der Waals surface area contributed by atoms with Gasteiger partial charge in [-0.3, -0.25) is 0 Å². The summed E-state index contributed by atoms with van der Waals surface area (Å²) < 4.78 is 27.6. The fourth-order valence-corrected chi connectivity index (χ4v) is 3.32. The number of halogens is 3. The number of rotatable bonds is 2. The zero-order valence-corrected chi connectivity index (χ0v) is 12.5. The van der Waals surface area contributed by atoms with Crippen molar-refractivity contribution in [3.05, 3.63) is 64.0 Å². The molecule has 0 aliphatic rings. The quantitative estimate of drug-likeness (QED) is 0.592. The van der Waals surface area contributed by atoms with Gasteiger partial charge in [0.1, 0.15) is 16.6 Å². The number of thiazole rings is 1. The van der Waals surface area contributed by atoms with E-state index in [-0.39, 0.29) is 0 Å².